The third-order valence-corrected chi connectivity index (χ3v) is 14.7. The second kappa shape index (κ2) is 68.6. The van der Waals surface area contributed by atoms with Crippen molar-refractivity contribution >= 4 is 17.9 Å². The summed E-state index contributed by atoms with van der Waals surface area (Å²) in [4.78, 5) is 38.4. The van der Waals surface area contributed by atoms with Crippen LogP contribution in [0.4, 0.5) is 0 Å². The summed E-state index contributed by atoms with van der Waals surface area (Å²) >= 11 is 0. The monoisotopic (exact) mass is 1120 g/mol. The average molecular weight is 1130 g/mol. The molecule has 0 aromatic heterocycles. The zero-order chi connectivity index (χ0) is 58.5. The first-order chi connectivity index (χ1) is 40.0. The van der Waals surface area contributed by atoms with Gasteiger partial charge < -0.3 is 14.2 Å². The van der Waals surface area contributed by atoms with Crippen LogP contribution in [0.25, 0.3) is 0 Å². The molecule has 0 radical (unpaired) electrons. The molecule has 0 aromatic rings. The molecule has 0 amide bonds. The maximum atomic E-state index is 12.9. The Morgan fingerprint density at radius 3 is 0.778 bits per heavy atom. The Hall–Kier alpha value is -3.93. The number of carbonyl (C=O) groups excluding carboxylic acids is 3. The van der Waals surface area contributed by atoms with Crippen LogP contribution in [0.5, 0.6) is 0 Å². The van der Waals surface area contributed by atoms with Crippen LogP contribution in [0.3, 0.4) is 0 Å². The van der Waals surface area contributed by atoms with Gasteiger partial charge in [0.2, 0.25) is 0 Å². The van der Waals surface area contributed by atoms with E-state index < -0.39 is 6.10 Å². The standard InChI is InChI=1S/C75H128O6/c1-4-7-10-13-16-19-22-25-28-31-32-33-34-35-36-37-38-39-40-41-42-45-47-50-53-56-59-62-65-68-74(77)80-71-72(81-75(78)69-66-63-60-57-54-51-48-44-30-27-24-21-18-15-12-9-6-3)70-79-73(76)67-64-61-58-55-52-49-46-43-29-26-23-20-17-14-11-8-5-2/h9,12,17-18,20-22,25-27,29-32,34-35,48,51,72H,4-8,10-11,13-16,19,23-24,28,33,36-47,49-50,52-71H2,1-3H3/b12-9-,20-17-,21-18-,25-22-,29-26-,30-27-,32-31-,35-34-,51-48-. The first-order valence-electron chi connectivity index (χ1n) is 34.4. The van der Waals surface area contributed by atoms with Gasteiger partial charge in [-0.2, -0.15) is 0 Å². The van der Waals surface area contributed by atoms with Gasteiger partial charge in [0, 0.05) is 19.3 Å². The molecule has 0 aliphatic carbocycles. The predicted molar refractivity (Wildman–Crippen MR) is 353 cm³/mol. The van der Waals surface area contributed by atoms with Crippen LogP contribution in [-0.4, -0.2) is 37.2 Å². The summed E-state index contributed by atoms with van der Waals surface area (Å²) in [5, 5.41) is 0. The number of unbranched alkanes of at least 4 members (excludes halogenated alkanes) is 33. The van der Waals surface area contributed by atoms with Gasteiger partial charge in [-0.05, 0) is 128 Å². The first kappa shape index (κ1) is 77.1. The average Bonchev–Trinajstić information content (AvgIpc) is 3.47. The van der Waals surface area contributed by atoms with E-state index in [0.717, 1.165) is 122 Å². The SMILES string of the molecule is CC/C=C\C/C=C\C/C=C\C/C=C\CCCCCCC(=O)OC(COC(=O)CCCCCCCCC/C=C\C/C=C\CCCCC)COC(=O)CCCCCCCCCCCCCCCC/C=C\C/C=C\C/C=C\CCCCCCC. The molecule has 0 spiro atoms. The topological polar surface area (TPSA) is 78.9 Å². The fourth-order valence-corrected chi connectivity index (χ4v) is 9.59. The molecule has 1 unspecified atom stereocenters. The Bertz CT molecular complexity index is 1620. The Morgan fingerprint density at radius 1 is 0.259 bits per heavy atom. The van der Waals surface area contributed by atoms with Gasteiger partial charge in [-0.3, -0.25) is 14.4 Å². The first-order valence-corrected chi connectivity index (χ1v) is 34.4. The molecular formula is C75H128O6. The predicted octanol–water partition coefficient (Wildman–Crippen LogP) is 23.8. The molecule has 6 heteroatoms. The summed E-state index contributed by atoms with van der Waals surface area (Å²) in [6.45, 7) is 6.49. The molecule has 0 rings (SSSR count). The van der Waals surface area contributed by atoms with Crippen LogP contribution in [0.2, 0.25) is 0 Å². The van der Waals surface area contributed by atoms with Crippen molar-refractivity contribution in [2.75, 3.05) is 13.2 Å². The summed E-state index contributed by atoms with van der Waals surface area (Å²) < 4.78 is 16.9. The van der Waals surface area contributed by atoms with Crippen LogP contribution < -0.4 is 0 Å². The number of rotatable bonds is 62. The van der Waals surface area contributed by atoms with Crippen LogP contribution in [0.15, 0.2) is 109 Å². The highest BCUT2D eigenvalue weighted by atomic mass is 16.6. The lowest BCUT2D eigenvalue weighted by atomic mass is 10.0. The highest BCUT2D eigenvalue weighted by Crippen LogP contribution is 2.16. The van der Waals surface area contributed by atoms with Gasteiger partial charge in [0.25, 0.3) is 0 Å². The zero-order valence-corrected chi connectivity index (χ0v) is 53.3. The molecule has 0 aromatic carbocycles. The number of carbonyl (C=O) groups is 3. The highest BCUT2D eigenvalue weighted by molar-refractivity contribution is 5.71. The van der Waals surface area contributed by atoms with E-state index in [4.69, 9.17) is 14.2 Å². The summed E-state index contributed by atoms with van der Waals surface area (Å²) in [5.74, 6) is -0.913. The minimum Gasteiger partial charge on any atom is -0.462 e. The summed E-state index contributed by atoms with van der Waals surface area (Å²) in [6.07, 6.45) is 93.9. The quantitative estimate of drug-likeness (QED) is 0.0261. The number of ether oxygens (including phenoxy) is 3. The lowest BCUT2D eigenvalue weighted by Crippen LogP contribution is -2.30. The van der Waals surface area contributed by atoms with Crippen LogP contribution in [0.1, 0.15) is 329 Å². The maximum Gasteiger partial charge on any atom is 0.306 e. The van der Waals surface area contributed by atoms with Gasteiger partial charge in [-0.1, -0.05) is 291 Å². The summed E-state index contributed by atoms with van der Waals surface area (Å²) in [7, 11) is 0. The minimum atomic E-state index is -0.798. The van der Waals surface area contributed by atoms with Gasteiger partial charge in [0.05, 0.1) is 0 Å². The normalized spacial score (nSPS) is 12.8. The second-order valence-electron chi connectivity index (χ2n) is 22.7. The molecular weight excluding hydrogens is 997 g/mol. The Labute approximate surface area is 501 Å². The lowest BCUT2D eigenvalue weighted by molar-refractivity contribution is -0.167. The largest absolute Gasteiger partial charge is 0.462 e. The molecule has 0 bridgehead atoms. The smallest absolute Gasteiger partial charge is 0.306 e. The number of allylic oxidation sites excluding steroid dienone is 18. The van der Waals surface area contributed by atoms with Gasteiger partial charge in [0.15, 0.2) is 6.10 Å². The number of hydrogen-bond acceptors (Lipinski definition) is 6. The molecule has 0 aliphatic heterocycles. The maximum absolute atomic E-state index is 12.9. The number of hydrogen-bond donors (Lipinski definition) is 0. The van der Waals surface area contributed by atoms with E-state index in [1.807, 2.05) is 0 Å². The zero-order valence-electron chi connectivity index (χ0n) is 53.3. The van der Waals surface area contributed by atoms with E-state index in [9.17, 15) is 14.4 Å². The van der Waals surface area contributed by atoms with Crippen LogP contribution >= 0.6 is 0 Å². The van der Waals surface area contributed by atoms with Gasteiger partial charge in [0.1, 0.15) is 13.2 Å². The van der Waals surface area contributed by atoms with E-state index in [0.29, 0.717) is 19.3 Å². The van der Waals surface area contributed by atoms with Crippen molar-refractivity contribution in [2.45, 2.75) is 335 Å². The van der Waals surface area contributed by atoms with E-state index in [-0.39, 0.29) is 31.1 Å². The summed E-state index contributed by atoms with van der Waals surface area (Å²) in [6, 6.07) is 0. The molecule has 0 heterocycles. The van der Waals surface area contributed by atoms with E-state index in [2.05, 4.69) is 130 Å². The van der Waals surface area contributed by atoms with Crippen molar-refractivity contribution in [3.05, 3.63) is 109 Å². The minimum absolute atomic E-state index is 0.0907. The van der Waals surface area contributed by atoms with E-state index >= 15 is 0 Å². The van der Waals surface area contributed by atoms with Crippen molar-refractivity contribution in [1.82, 2.24) is 0 Å². The lowest BCUT2D eigenvalue weighted by Gasteiger charge is -2.18. The molecule has 0 saturated carbocycles. The van der Waals surface area contributed by atoms with Crippen molar-refractivity contribution in [2.24, 2.45) is 0 Å². The Morgan fingerprint density at radius 2 is 0.481 bits per heavy atom. The van der Waals surface area contributed by atoms with Crippen molar-refractivity contribution < 1.29 is 28.6 Å². The molecule has 1 atom stereocenters. The summed E-state index contributed by atoms with van der Waals surface area (Å²) in [5.41, 5.74) is 0. The Balaban J connectivity index is 4.32. The van der Waals surface area contributed by atoms with Gasteiger partial charge in [-0.25, -0.2) is 0 Å². The third-order valence-electron chi connectivity index (χ3n) is 14.7. The Kier molecular flexibility index (Phi) is 65.2. The van der Waals surface area contributed by atoms with Crippen molar-refractivity contribution in [1.29, 1.82) is 0 Å². The van der Waals surface area contributed by atoms with Crippen molar-refractivity contribution in [3.8, 4) is 0 Å². The molecule has 0 fully saturated rings. The molecule has 81 heavy (non-hydrogen) atoms. The fourth-order valence-electron chi connectivity index (χ4n) is 9.59. The second-order valence-corrected chi connectivity index (χ2v) is 22.7. The van der Waals surface area contributed by atoms with E-state index in [1.165, 1.54) is 167 Å². The molecule has 0 aliphatic rings. The highest BCUT2D eigenvalue weighted by Gasteiger charge is 2.19. The van der Waals surface area contributed by atoms with E-state index in [1.54, 1.807) is 0 Å². The molecule has 0 N–H and O–H groups in total. The fraction of sp³-hybridized carbons (Fsp3) is 0.720. The molecule has 6 nitrogen and oxygen atoms in total. The van der Waals surface area contributed by atoms with Gasteiger partial charge >= 0.3 is 17.9 Å². The molecule has 0 saturated heterocycles. The van der Waals surface area contributed by atoms with Crippen LogP contribution in [-0.2, 0) is 28.6 Å². The number of esters is 3. The third kappa shape index (κ3) is 66.8. The van der Waals surface area contributed by atoms with Crippen molar-refractivity contribution in [3.63, 3.8) is 0 Å². The molecule has 464 valence electrons. The van der Waals surface area contributed by atoms with Gasteiger partial charge in [-0.15, -0.1) is 0 Å². The van der Waals surface area contributed by atoms with Crippen LogP contribution in [0, 0.1) is 0 Å².